The van der Waals surface area contributed by atoms with Gasteiger partial charge in [0.05, 0.1) is 0 Å². The predicted octanol–water partition coefficient (Wildman–Crippen LogP) is 2.78. The van der Waals surface area contributed by atoms with Crippen LogP contribution in [0.1, 0.15) is 5.69 Å². The summed E-state index contributed by atoms with van der Waals surface area (Å²) in [6.07, 6.45) is 5.41. The molecule has 0 saturated carbocycles. The quantitative estimate of drug-likeness (QED) is 0.829. The van der Waals surface area contributed by atoms with E-state index in [4.69, 9.17) is 4.89 Å². The number of phosphoric acid groups is 1. The number of aromatic amines is 1. The summed E-state index contributed by atoms with van der Waals surface area (Å²) in [4.78, 5) is 15.0. The van der Waals surface area contributed by atoms with Crippen molar-refractivity contribution in [1.29, 1.82) is 0 Å². The number of H-pyrrole nitrogens is 1. The first-order valence-corrected chi connectivity index (χ1v) is 6.90. The maximum Gasteiger partial charge on any atom is 0.471 e. The van der Waals surface area contributed by atoms with Crippen LogP contribution in [0.3, 0.4) is 0 Å². The molecule has 2 aromatic rings. The average Bonchev–Trinajstić information content (AvgIpc) is 2.93. The van der Waals surface area contributed by atoms with Crippen molar-refractivity contribution in [3.63, 3.8) is 0 Å². The molecule has 0 radical (unpaired) electrons. The van der Waals surface area contributed by atoms with Crippen LogP contribution < -0.4 is 0 Å². The number of hydrogen-bond donors (Lipinski definition) is 2. The van der Waals surface area contributed by atoms with E-state index in [9.17, 15) is 4.57 Å². The topological polar surface area (TPSA) is 84.4 Å². The van der Waals surface area contributed by atoms with Crippen LogP contribution in [0.5, 0.6) is 0 Å². The summed E-state index contributed by atoms with van der Waals surface area (Å²) in [6, 6.07) is 9.72. The van der Waals surface area contributed by atoms with Crippen molar-refractivity contribution in [2.75, 3.05) is 14.2 Å². The Labute approximate surface area is 113 Å². The van der Waals surface area contributed by atoms with E-state index < -0.39 is 7.82 Å². The maximum atomic E-state index is 10.1. The maximum absolute atomic E-state index is 10.1. The van der Waals surface area contributed by atoms with Gasteiger partial charge in [-0.1, -0.05) is 6.07 Å². The molecule has 2 rings (SSSR count). The third-order valence-electron chi connectivity index (χ3n) is 1.78. The highest BCUT2D eigenvalue weighted by molar-refractivity contribution is 7.47. The lowest BCUT2D eigenvalue weighted by molar-refractivity contribution is 0.204. The van der Waals surface area contributed by atoms with Crippen molar-refractivity contribution < 1.29 is 18.5 Å². The standard InChI is InChI=1S/C5H7N.C5H5N.C2H7O4P/c1-5-3-2-4-6-5;1-2-4-6-5-3-1;1-5-7(3,4)6-2/h2-4,6H,1H3;1-5H;1-2H3,(H,3,4). The Balaban J connectivity index is 0.000000256. The number of nitrogens with zero attached hydrogens (tertiary/aromatic N) is 1. The lowest BCUT2D eigenvalue weighted by Crippen LogP contribution is -1.83. The van der Waals surface area contributed by atoms with E-state index in [1.165, 1.54) is 5.69 Å². The van der Waals surface area contributed by atoms with E-state index in [-0.39, 0.29) is 0 Å². The molecular formula is C12H19N2O4P. The van der Waals surface area contributed by atoms with Crippen LogP contribution in [0.25, 0.3) is 0 Å². The molecule has 0 aliphatic rings. The van der Waals surface area contributed by atoms with Gasteiger partial charge in [0.1, 0.15) is 0 Å². The lowest BCUT2D eigenvalue weighted by Gasteiger charge is -2.01. The van der Waals surface area contributed by atoms with E-state index in [0.29, 0.717) is 0 Å². The van der Waals surface area contributed by atoms with Gasteiger partial charge in [-0.05, 0) is 31.2 Å². The molecule has 0 amide bonds. The molecule has 0 spiro atoms. The predicted molar refractivity (Wildman–Crippen MR) is 73.6 cm³/mol. The molecule has 0 saturated heterocycles. The van der Waals surface area contributed by atoms with Crippen LogP contribution in [0, 0.1) is 6.92 Å². The Morgan fingerprint density at radius 1 is 1.16 bits per heavy atom. The summed E-state index contributed by atoms with van der Waals surface area (Å²) in [5.41, 5.74) is 1.22. The number of aromatic nitrogens is 2. The van der Waals surface area contributed by atoms with Crippen LogP contribution >= 0.6 is 7.82 Å². The molecular weight excluding hydrogens is 267 g/mol. The molecule has 106 valence electrons. The van der Waals surface area contributed by atoms with Crippen LogP contribution in [-0.4, -0.2) is 29.1 Å². The largest absolute Gasteiger partial charge is 0.471 e. The molecule has 0 aliphatic carbocycles. The zero-order valence-electron chi connectivity index (χ0n) is 11.2. The van der Waals surface area contributed by atoms with Gasteiger partial charge in [0, 0.05) is 38.5 Å². The van der Waals surface area contributed by atoms with Crippen molar-refractivity contribution in [2.45, 2.75) is 6.92 Å². The fourth-order valence-corrected chi connectivity index (χ4v) is 0.956. The Morgan fingerprint density at radius 2 is 1.74 bits per heavy atom. The van der Waals surface area contributed by atoms with Gasteiger partial charge in [0.25, 0.3) is 0 Å². The Bertz CT molecular complexity index is 413. The second kappa shape index (κ2) is 10.5. The summed E-state index contributed by atoms with van der Waals surface area (Å²) in [5, 5.41) is 0. The van der Waals surface area contributed by atoms with E-state index >= 15 is 0 Å². The minimum Gasteiger partial charge on any atom is -0.365 e. The van der Waals surface area contributed by atoms with Crippen molar-refractivity contribution in [3.8, 4) is 0 Å². The molecule has 0 aromatic carbocycles. The Hall–Kier alpha value is -1.46. The summed E-state index contributed by atoms with van der Waals surface area (Å²) >= 11 is 0. The van der Waals surface area contributed by atoms with Gasteiger partial charge in [0.15, 0.2) is 0 Å². The Kier molecular flexibility index (Phi) is 9.66. The zero-order chi connectivity index (χ0) is 14.6. The zero-order valence-corrected chi connectivity index (χ0v) is 12.1. The fourth-order valence-electron chi connectivity index (χ4n) is 0.807. The number of pyridine rings is 1. The summed E-state index contributed by atoms with van der Waals surface area (Å²) in [7, 11) is -1.45. The molecule has 0 atom stereocenters. The highest BCUT2D eigenvalue weighted by Crippen LogP contribution is 2.40. The molecule has 0 aliphatic heterocycles. The van der Waals surface area contributed by atoms with Gasteiger partial charge >= 0.3 is 7.82 Å². The molecule has 0 fully saturated rings. The van der Waals surface area contributed by atoms with Gasteiger partial charge in [-0.15, -0.1) is 0 Å². The average molecular weight is 286 g/mol. The number of hydrogen-bond acceptors (Lipinski definition) is 4. The minimum absolute atomic E-state index is 1.10. The third-order valence-corrected chi connectivity index (χ3v) is 2.70. The van der Waals surface area contributed by atoms with Gasteiger partial charge in [0.2, 0.25) is 0 Å². The molecule has 2 heterocycles. The molecule has 2 aromatic heterocycles. The number of aryl methyl sites for hydroxylation is 1. The molecule has 2 N–H and O–H groups in total. The molecule has 7 heteroatoms. The van der Waals surface area contributed by atoms with Crippen molar-refractivity contribution in [2.24, 2.45) is 0 Å². The summed E-state index contributed by atoms with van der Waals surface area (Å²) < 4.78 is 18.0. The first-order chi connectivity index (χ1) is 9.02. The molecule has 6 nitrogen and oxygen atoms in total. The van der Waals surface area contributed by atoms with E-state index in [0.717, 1.165) is 14.2 Å². The van der Waals surface area contributed by atoms with E-state index in [2.05, 4.69) is 19.0 Å². The molecule has 0 unspecified atom stereocenters. The molecule has 0 bridgehead atoms. The smallest absolute Gasteiger partial charge is 0.365 e. The monoisotopic (exact) mass is 286 g/mol. The molecule has 19 heavy (non-hydrogen) atoms. The highest BCUT2D eigenvalue weighted by Gasteiger charge is 2.13. The normalized spacial score (nSPS) is 9.68. The van der Waals surface area contributed by atoms with Gasteiger partial charge in [-0.3, -0.25) is 14.0 Å². The number of nitrogens with one attached hydrogen (secondary N) is 1. The van der Waals surface area contributed by atoms with Gasteiger partial charge in [-0.25, -0.2) is 4.57 Å². The summed E-state index contributed by atoms with van der Waals surface area (Å²) in [5.74, 6) is 0. The van der Waals surface area contributed by atoms with Crippen LogP contribution in [0.15, 0.2) is 48.9 Å². The van der Waals surface area contributed by atoms with Gasteiger partial charge < -0.3 is 9.88 Å². The van der Waals surface area contributed by atoms with Crippen LogP contribution in [0.4, 0.5) is 0 Å². The second-order valence-corrected chi connectivity index (χ2v) is 4.88. The lowest BCUT2D eigenvalue weighted by atomic mass is 10.5. The first kappa shape index (κ1) is 17.5. The van der Waals surface area contributed by atoms with Crippen molar-refractivity contribution in [3.05, 3.63) is 54.6 Å². The first-order valence-electron chi connectivity index (χ1n) is 5.41. The second-order valence-electron chi connectivity index (χ2n) is 3.21. The summed E-state index contributed by atoms with van der Waals surface area (Å²) in [6.45, 7) is 2.03. The van der Waals surface area contributed by atoms with Crippen molar-refractivity contribution >= 4 is 7.82 Å². The van der Waals surface area contributed by atoms with E-state index in [1.807, 2.05) is 43.5 Å². The highest BCUT2D eigenvalue weighted by atomic mass is 31.2. The van der Waals surface area contributed by atoms with Crippen LogP contribution in [0.2, 0.25) is 0 Å². The minimum atomic E-state index is -3.65. The SMILES string of the molecule is COP(=O)(O)OC.Cc1ccc[nH]1.c1ccncc1. The third kappa shape index (κ3) is 11.4. The number of phosphoric ester groups is 1. The Morgan fingerprint density at radius 3 is 1.84 bits per heavy atom. The van der Waals surface area contributed by atoms with E-state index in [1.54, 1.807) is 12.4 Å². The van der Waals surface area contributed by atoms with Crippen molar-refractivity contribution in [1.82, 2.24) is 9.97 Å². The fraction of sp³-hybridized carbons (Fsp3) is 0.250. The van der Waals surface area contributed by atoms with Gasteiger partial charge in [-0.2, -0.15) is 0 Å². The number of rotatable bonds is 2. The van der Waals surface area contributed by atoms with Crippen LogP contribution in [-0.2, 0) is 13.6 Å².